The number of anilines is 1. The van der Waals surface area contributed by atoms with Crippen molar-refractivity contribution in [3.63, 3.8) is 0 Å². The van der Waals surface area contributed by atoms with Gasteiger partial charge in [-0.1, -0.05) is 18.2 Å². The SMILES string of the molecule is O=C(NC1CC1)c1cccc(NS(=O)(=O)c2ccccc2F)c1. The number of rotatable bonds is 5. The van der Waals surface area contributed by atoms with Gasteiger partial charge in [-0.15, -0.1) is 0 Å². The van der Waals surface area contributed by atoms with Crippen LogP contribution in [0.2, 0.25) is 0 Å². The summed E-state index contributed by atoms with van der Waals surface area (Å²) in [5.74, 6) is -1.08. The number of benzene rings is 2. The number of amides is 1. The molecule has 2 aromatic rings. The van der Waals surface area contributed by atoms with E-state index >= 15 is 0 Å². The average molecular weight is 334 g/mol. The van der Waals surface area contributed by atoms with Gasteiger partial charge in [0.2, 0.25) is 0 Å². The monoisotopic (exact) mass is 334 g/mol. The Morgan fingerprint density at radius 1 is 1.09 bits per heavy atom. The molecule has 0 atom stereocenters. The van der Waals surface area contributed by atoms with Crippen LogP contribution in [0.25, 0.3) is 0 Å². The first-order valence-electron chi connectivity index (χ1n) is 7.14. The molecular formula is C16H15FN2O3S. The molecule has 1 aliphatic rings. The third-order valence-corrected chi connectivity index (χ3v) is 4.83. The van der Waals surface area contributed by atoms with Crippen LogP contribution < -0.4 is 10.0 Å². The van der Waals surface area contributed by atoms with Crippen LogP contribution in [-0.2, 0) is 10.0 Å². The first kappa shape index (κ1) is 15.5. The van der Waals surface area contributed by atoms with Crippen LogP contribution in [0.1, 0.15) is 23.2 Å². The quantitative estimate of drug-likeness (QED) is 0.882. The molecule has 0 radical (unpaired) electrons. The number of hydrogen-bond acceptors (Lipinski definition) is 3. The standard InChI is InChI=1S/C16H15FN2O3S/c17-14-6-1-2-7-15(14)23(21,22)19-13-5-3-4-11(10-13)16(20)18-12-8-9-12/h1-7,10,12,19H,8-9H2,(H,18,20). The first-order chi connectivity index (χ1) is 11.0. The van der Waals surface area contributed by atoms with E-state index < -0.39 is 20.7 Å². The van der Waals surface area contributed by atoms with Gasteiger partial charge in [0.15, 0.2) is 0 Å². The van der Waals surface area contributed by atoms with Crippen LogP contribution in [0.5, 0.6) is 0 Å². The number of halogens is 1. The van der Waals surface area contributed by atoms with Gasteiger partial charge in [-0.25, -0.2) is 12.8 Å². The van der Waals surface area contributed by atoms with E-state index in [0.29, 0.717) is 5.56 Å². The van der Waals surface area contributed by atoms with Gasteiger partial charge >= 0.3 is 0 Å². The lowest BCUT2D eigenvalue weighted by molar-refractivity contribution is 0.0951. The topological polar surface area (TPSA) is 75.3 Å². The molecule has 0 aromatic heterocycles. The van der Waals surface area contributed by atoms with Crippen LogP contribution in [0.15, 0.2) is 53.4 Å². The van der Waals surface area contributed by atoms with E-state index in [1.165, 1.54) is 30.3 Å². The van der Waals surface area contributed by atoms with Crippen molar-refractivity contribution < 1.29 is 17.6 Å². The molecule has 0 saturated heterocycles. The van der Waals surface area contributed by atoms with Crippen molar-refractivity contribution >= 4 is 21.6 Å². The summed E-state index contributed by atoms with van der Waals surface area (Å²) >= 11 is 0. The van der Waals surface area contributed by atoms with E-state index in [1.807, 2.05) is 0 Å². The molecule has 2 N–H and O–H groups in total. The second-order valence-corrected chi connectivity index (χ2v) is 7.02. The third-order valence-electron chi connectivity index (χ3n) is 3.42. The maximum atomic E-state index is 13.7. The van der Waals surface area contributed by atoms with Crippen LogP contribution in [0.4, 0.5) is 10.1 Å². The molecule has 3 rings (SSSR count). The van der Waals surface area contributed by atoms with Crippen molar-refractivity contribution in [2.75, 3.05) is 4.72 Å². The number of sulfonamides is 1. The van der Waals surface area contributed by atoms with E-state index in [1.54, 1.807) is 12.1 Å². The number of carbonyl (C=O) groups excluding carboxylic acids is 1. The molecular weight excluding hydrogens is 319 g/mol. The lowest BCUT2D eigenvalue weighted by atomic mass is 10.2. The van der Waals surface area contributed by atoms with Crippen molar-refractivity contribution in [2.45, 2.75) is 23.8 Å². The van der Waals surface area contributed by atoms with E-state index in [0.717, 1.165) is 18.9 Å². The van der Waals surface area contributed by atoms with Crippen LogP contribution in [0, 0.1) is 5.82 Å². The van der Waals surface area contributed by atoms with Gasteiger partial charge in [0.25, 0.3) is 15.9 Å². The number of hydrogen-bond donors (Lipinski definition) is 2. The minimum Gasteiger partial charge on any atom is -0.349 e. The van der Waals surface area contributed by atoms with Crippen molar-refractivity contribution in [3.05, 3.63) is 59.9 Å². The maximum absolute atomic E-state index is 13.7. The molecule has 0 spiro atoms. The van der Waals surface area contributed by atoms with Crippen molar-refractivity contribution in [2.24, 2.45) is 0 Å². The number of nitrogens with one attached hydrogen (secondary N) is 2. The molecule has 1 fully saturated rings. The molecule has 7 heteroatoms. The Hall–Kier alpha value is -2.41. The Bertz CT molecular complexity index is 848. The minimum absolute atomic E-state index is 0.205. The molecule has 0 aliphatic heterocycles. The highest BCUT2D eigenvalue weighted by molar-refractivity contribution is 7.92. The second-order valence-electron chi connectivity index (χ2n) is 5.36. The van der Waals surface area contributed by atoms with Gasteiger partial charge < -0.3 is 5.32 Å². The fourth-order valence-electron chi connectivity index (χ4n) is 2.09. The fraction of sp³-hybridized carbons (Fsp3) is 0.188. The summed E-state index contributed by atoms with van der Waals surface area (Å²) in [6.07, 6.45) is 1.93. The smallest absolute Gasteiger partial charge is 0.264 e. The molecule has 120 valence electrons. The van der Waals surface area contributed by atoms with E-state index in [-0.39, 0.29) is 17.6 Å². The summed E-state index contributed by atoms with van der Waals surface area (Å²) in [4.78, 5) is 11.6. The molecule has 2 aromatic carbocycles. The van der Waals surface area contributed by atoms with Gasteiger partial charge in [0.1, 0.15) is 10.7 Å². The predicted molar refractivity (Wildman–Crippen MR) is 84.1 cm³/mol. The summed E-state index contributed by atoms with van der Waals surface area (Å²) in [5.41, 5.74) is 0.558. The molecule has 0 bridgehead atoms. The normalized spacial score (nSPS) is 14.3. The Morgan fingerprint density at radius 2 is 1.83 bits per heavy atom. The van der Waals surface area contributed by atoms with Gasteiger partial charge in [-0.05, 0) is 43.2 Å². The average Bonchev–Trinajstić information content (AvgIpc) is 3.31. The van der Waals surface area contributed by atoms with Crippen LogP contribution >= 0.6 is 0 Å². The number of carbonyl (C=O) groups is 1. The molecule has 5 nitrogen and oxygen atoms in total. The summed E-state index contributed by atoms with van der Waals surface area (Å²) in [6.45, 7) is 0. The highest BCUT2D eigenvalue weighted by atomic mass is 32.2. The Morgan fingerprint density at radius 3 is 2.52 bits per heavy atom. The summed E-state index contributed by atoms with van der Waals surface area (Å²) < 4.78 is 40.4. The van der Waals surface area contributed by atoms with Crippen molar-refractivity contribution in [1.29, 1.82) is 0 Å². The zero-order valence-electron chi connectivity index (χ0n) is 12.1. The third kappa shape index (κ3) is 3.68. The largest absolute Gasteiger partial charge is 0.349 e. The van der Waals surface area contributed by atoms with Gasteiger partial charge in [0.05, 0.1) is 0 Å². The predicted octanol–water partition coefficient (Wildman–Crippen LogP) is 2.52. The molecule has 0 heterocycles. The summed E-state index contributed by atoms with van der Waals surface area (Å²) in [7, 11) is -4.05. The molecule has 0 unspecified atom stereocenters. The molecule has 1 saturated carbocycles. The molecule has 23 heavy (non-hydrogen) atoms. The highest BCUT2D eigenvalue weighted by Gasteiger charge is 2.24. The first-order valence-corrected chi connectivity index (χ1v) is 8.62. The maximum Gasteiger partial charge on any atom is 0.264 e. The van der Waals surface area contributed by atoms with Gasteiger partial charge in [-0.2, -0.15) is 0 Å². The highest BCUT2D eigenvalue weighted by Crippen LogP contribution is 2.21. The van der Waals surface area contributed by atoms with Gasteiger partial charge in [-0.3, -0.25) is 9.52 Å². The lowest BCUT2D eigenvalue weighted by Crippen LogP contribution is -2.25. The minimum atomic E-state index is -4.05. The molecule has 1 aliphatic carbocycles. The Kier molecular flexibility index (Phi) is 4.04. The van der Waals surface area contributed by atoms with E-state index in [9.17, 15) is 17.6 Å². The summed E-state index contributed by atoms with van der Waals surface area (Å²) in [6, 6.07) is 11.4. The molecule has 1 amide bonds. The van der Waals surface area contributed by atoms with E-state index in [2.05, 4.69) is 10.0 Å². The van der Waals surface area contributed by atoms with Crippen molar-refractivity contribution in [1.82, 2.24) is 5.32 Å². The fourth-order valence-corrected chi connectivity index (χ4v) is 3.22. The van der Waals surface area contributed by atoms with E-state index in [4.69, 9.17) is 0 Å². The zero-order valence-corrected chi connectivity index (χ0v) is 12.9. The van der Waals surface area contributed by atoms with Gasteiger partial charge in [0, 0.05) is 17.3 Å². The lowest BCUT2D eigenvalue weighted by Gasteiger charge is -2.10. The summed E-state index contributed by atoms with van der Waals surface area (Å²) in [5, 5.41) is 2.82. The Labute approximate surface area is 133 Å². The van der Waals surface area contributed by atoms with Crippen LogP contribution in [0.3, 0.4) is 0 Å². The van der Waals surface area contributed by atoms with Crippen LogP contribution in [-0.4, -0.2) is 20.4 Å². The second kappa shape index (κ2) is 6.00. The zero-order chi connectivity index (χ0) is 16.4. The Balaban J connectivity index is 1.82. The van der Waals surface area contributed by atoms with Crippen molar-refractivity contribution in [3.8, 4) is 0 Å².